The lowest BCUT2D eigenvalue weighted by molar-refractivity contribution is 0.823. The van der Waals surface area contributed by atoms with Gasteiger partial charge in [-0.15, -0.1) is 11.3 Å². The molecule has 4 heteroatoms. The predicted molar refractivity (Wildman–Crippen MR) is 98.0 cm³/mol. The molecule has 0 aliphatic heterocycles. The van der Waals surface area contributed by atoms with Crippen LogP contribution in [0.3, 0.4) is 0 Å². The average molecular weight is 307 g/mol. The van der Waals surface area contributed by atoms with Crippen LogP contribution in [0.25, 0.3) is 20.2 Å². The summed E-state index contributed by atoms with van der Waals surface area (Å²) >= 11 is 1.88. The van der Waals surface area contributed by atoms with Gasteiger partial charge in [0.1, 0.15) is 0 Å². The number of fused-ring (bicyclic) bond motifs is 3. The number of hydrogen-bond acceptors (Lipinski definition) is 1. The molecule has 0 amide bonds. The van der Waals surface area contributed by atoms with Gasteiger partial charge < -0.3 is 11.0 Å². The third-order valence-corrected chi connectivity index (χ3v) is 4.79. The molecule has 1 radical (unpaired) electrons. The lowest BCUT2D eigenvalue weighted by atomic mass is 9.64. The zero-order valence-corrected chi connectivity index (χ0v) is 12.7. The van der Waals surface area contributed by atoms with Crippen LogP contribution in [0.5, 0.6) is 0 Å². The Kier molecular flexibility index (Phi) is 4.98. The molecule has 4 rings (SSSR count). The van der Waals surface area contributed by atoms with Crippen molar-refractivity contribution in [2.24, 2.45) is 0 Å². The van der Waals surface area contributed by atoms with Gasteiger partial charge in [-0.05, 0) is 11.5 Å². The zero-order valence-electron chi connectivity index (χ0n) is 11.9. The molecule has 22 heavy (non-hydrogen) atoms. The monoisotopic (exact) mass is 307 g/mol. The fraction of sp³-hybridized carbons (Fsp3) is 0. The Balaban J connectivity index is 0.000000882. The standard InChI is InChI=1S/C18H12BS.2H2O/c1-2-7-13(8-3-1)19-16-11-6-10-15-14-9-4-5-12-17(14)20-18(15)16;;/h1-12H;2*1H2. The van der Waals surface area contributed by atoms with E-state index in [2.05, 4.69) is 80.1 Å². The minimum absolute atomic E-state index is 0. The molecule has 0 aliphatic carbocycles. The summed E-state index contributed by atoms with van der Waals surface area (Å²) in [7, 11) is 2.26. The molecule has 109 valence electrons. The molecule has 4 N–H and O–H groups in total. The summed E-state index contributed by atoms with van der Waals surface area (Å²) in [6.07, 6.45) is 0. The van der Waals surface area contributed by atoms with E-state index in [0.29, 0.717) is 0 Å². The summed E-state index contributed by atoms with van der Waals surface area (Å²) in [5.41, 5.74) is 2.55. The van der Waals surface area contributed by atoms with Crippen LogP contribution >= 0.6 is 11.3 Å². The van der Waals surface area contributed by atoms with E-state index in [0.717, 1.165) is 0 Å². The number of rotatable bonds is 2. The number of thiophene rings is 1. The van der Waals surface area contributed by atoms with Gasteiger partial charge in [0, 0.05) is 14.8 Å². The zero-order chi connectivity index (χ0) is 13.4. The van der Waals surface area contributed by atoms with Gasteiger partial charge in [-0.1, -0.05) is 77.7 Å². The van der Waals surface area contributed by atoms with Crippen LogP contribution in [0.15, 0.2) is 72.8 Å². The fourth-order valence-electron chi connectivity index (χ4n) is 2.61. The van der Waals surface area contributed by atoms with Gasteiger partial charge in [0.2, 0.25) is 0 Å². The van der Waals surface area contributed by atoms with Gasteiger partial charge in [0.25, 0.3) is 0 Å². The summed E-state index contributed by atoms with van der Waals surface area (Å²) in [6, 6.07) is 25.7. The summed E-state index contributed by atoms with van der Waals surface area (Å²) in [6.45, 7) is 0. The first-order valence-corrected chi connectivity index (χ1v) is 7.53. The Morgan fingerprint density at radius 2 is 1.32 bits per heavy atom. The second kappa shape index (κ2) is 6.75. The maximum atomic E-state index is 2.26. The van der Waals surface area contributed by atoms with Crippen molar-refractivity contribution in [2.45, 2.75) is 0 Å². The van der Waals surface area contributed by atoms with E-state index in [1.807, 2.05) is 11.3 Å². The molecule has 0 bridgehead atoms. The van der Waals surface area contributed by atoms with Crippen LogP contribution in [-0.4, -0.2) is 18.2 Å². The van der Waals surface area contributed by atoms with Crippen molar-refractivity contribution >= 4 is 49.7 Å². The fourth-order valence-corrected chi connectivity index (χ4v) is 3.80. The predicted octanol–water partition coefficient (Wildman–Crippen LogP) is 2.06. The van der Waals surface area contributed by atoms with Gasteiger partial charge in [0.05, 0.1) is 0 Å². The van der Waals surface area contributed by atoms with E-state index in [4.69, 9.17) is 0 Å². The normalized spacial score (nSPS) is 10.0. The highest BCUT2D eigenvalue weighted by molar-refractivity contribution is 7.27. The molecule has 1 heterocycles. The lowest BCUT2D eigenvalue weighted by Gasteiger charge is -2.02. The molecular formula is C18H16BO2S. The highest BCUT2D eigenvalue weighted by Gasteiger charge is 2.09. The molecule has 0 saturated heterocycles. The SMILES string of the molecule is O.O.[B](c1ccccc1)c1cccc2c1sc1ccccc12. The molecular weight excluding hydrogens is 291 g/mol. The van der Waals surface area contributed by atoms with E-state index < -0.39 is 0 Å². The molecule has 0 saturated carbocycles. The maximum absolute atomic E-state index is 2.26. The average Bonchev–Trinajstić information content (AvgIpc) is 2.88. The van der Waals surface area contributed by atoms with Crippen LogP contribution in [0.4, 0.5) is 0 Å². The van der Waals surface area contributed by atoms with Crippen molar-refractivity contribution in [3.05, 3.63) is 72.8 Å². The first-order valence-electron chi connectivity index (χ1n) is 6.72. The van der Waals surface area contributed by atoms with Gasteiger partial charge in [-0.3, -0.25) is 0 Å². The molecule has 0 aliphatic rings. The van der Waals surface area contributed by atoms with Crippen molar-refractivity contribution in [2.75, 3.05) is 0 Å². The Bertz CT molecular complexity index is 887. The minimum atomic E-state index is 0. The van der Waals surface area contributed by atoms with Crippen molar-refractivity contribution in [1.29, 1.82) is 0 Å². The van der Waals surface area contributed by atoms with Gasteiger partial charge in [-0.2, -0.15) is 0 Å². The van der Waals surface area contributed by atoms with Crippen LogP contribution in [0.1, 0.15) is 0 Å². The number of hydrogen-bond donors (Lipinski definition) is 0. The van der Waals surface area contributed by atoms with Crippen molar-refractivity contribution < 1.29 is 11.0 Å². The lowest BCUT2D eigenvalue weighted by Crippen LogP contribution is -2.26. The third-order valence-electron chi connectivity index (χ3n) is 3.56. The van der Waals surface area contributed by atoms with Gasteiger partial charge >= 0.3 is 0 Å². The summed E-state index contributed by atoms with van der Waals surface area (Å²) in [4.78, 5) is 0. The smallest absolute Gasteiger partial charge is 0.193 e. The highest BCUT2D eigenvalue weighted by atomic mass is 32.1. The maximum Gasteiger partial charge on any atom is 0.193 e. The highest BCUT2D eigenvalue weighted by Crippen LogP contribution is 2.32. The molecule has 0 fully saturated rings. The molecule has 0 unspecified atom stereocenters. The van der Waals surface area contributed by atoms with E-state index in [-0.39, 0.29) is 11.0 Å². The molecule has 3 aromatic carbocycles. The Labute approximate surface area is 133 Å². The van der Waals surface area contributed by atoms with Crippen molar-refractivity contribution in [3.8, 4) is 0 Å². The number of benzene rings is 3. The Morgan fingerprint density at radius 3 is 2.14 bits per heavy atom. The molecule has 1 aromatic heterocycles. The third kappa shape index (κ3) is 2.77. The topological polar surface area (TPSA) is 63.0 Å². The summed E-state index contributed by atoms with van der Waals surface area (Å²) in [5.74, 6) is 0. The van der Waals surface area contributed by atoms with Crippen LogP contribution in [0.2, 0.25) is 0 Å². The molecule has 0 spiro atoms. The van der Waals surface area contributed by atoms with Crippen LogP contribution in [-0.2, 0) is 0 Å². The molecule has 0 atom stereocenters. The van der Waals surface area contributed by atoms with E-state index in [9.17, 15) is 0 Å². The van der Waals surface area contributed by atoms with Gasteiger partial charge in [-0.25, -0.2) is 0 Å². The van der Waals surface area contributed by atoms with E-state index >= 15 is 0 Å². The van der Waals surface area contributed by atoms with Crippen LogP contribution in [0, 0.1) is 0 Å². The van der Waals surface area contributed by atoms with Crippen LogP contribution < -0.4 is 10.9 Å². The molecule has 2 nitrogen and oxygen atoms in total. The Hall–Kier alpha value is -2.14. The van der Waals surface area contributed by atoms with Gasteiger partial charge in [0.15, 0.2) is 7.28 Å². The van der Waals surface area contributed by atoms with E-state index in [1.54, 1.807) is 0 Å². The second-order valence-corrected chi connectivity index (χ2v) is 5.93. The largest absolute Gasteiger partial charge is 0.412 e. The quantitative estimate of drug-likeness (QED) is 0.509. The Morgan fingerprint density at radius 1 is 0.636 bits per heavy atom. The first kappa shape index (κ1) is 16.2. The summed E-state index contributed by atoms with van der Waals surface area (Å²) < 4.78 is 2.73. The minimum Gasteiger partial charge on any atom is -0.412 e. The molecule has 4 aromatic rings. The van der Waals surface area contributed by atoms with Crippen molar-refractivity contribution in [3.63, 3.8) is 0 Å². The van der Waals surface area contributed by atoms with Crippen molar-refractivity contribution in [1.82, 2.24) is 0 Å². The van der Waals surface area contributed by atoms with E-state index in [1.165, 1.54) is 31.1 Å². The second-order valence-electron chi connectivity index (χ2n) is 4.88. The first-order chi connectivity index (χ1) is 9.92. The summed E-state index contributed by atoms with van der Waals surface area (Å²) in [5, 5.41) is 2.71.